The lowest BCUT2D eigenvalue weighted by Gasteiger charge is -2.44. The number of imide groups is 4. The molecule has 12 unspecified atom stereocenters. The summed E-state index contributed by atoms with van der Waals surface area (Å²) >= 11 is 0. The standard InChI is InChI=1S/C96H164N4O8/c1-9-13-17-21-31-41-53-75-62-64-78(56-44-34-25-29-39-51-71-97-87(101)65-66-88(97)102)81(79(75)57-45-19-15-11-3)59-47-35-24-28-38-50-70-96(7,8)100-93(107)85-73-83-84(74-86(85)94(100)108)92(106)98(91(83)105)72-52-40-30-26-36-48-60-82-77(55-43-33-23-27-37-49-69-95(5,6)99-89(103)67-68-90(99)104)63-61-76(54-42-32-22-18-14-10-2)80(82)58-46-20-16-12-4/h65-68,75-86H,9-64,69-74H2,1-8H3. The number of hydrogen-bond acceptors (Lipinski definition) is 8. The Hall–Kier alpha value is -3.96. The van der Waals surface area contributed by atoms with Crippen LogP contribution in [0, 0.1) is 71.0 Å². The van der Waals surface area contributed by atoms with E-state index in [0.29, 0.717) is 25.9 Å². The van der Waals surface area contributed by atoms with Crippen LogP contribution in [-0.2, 0) is 38.4 Å². The van der Waals surface area contributed by atoms with Crippen molar-refractivity contribution in [1.82, 2.24) is 19.6 Å². The van der Waals surface area contributed by atoms with Gasteiger partial charge in [0.25, 0.3) is 23.6 Å². The average molecular weight is 1500 g/mol. The molecule has 0 bridgehead atoms. The third-order valence-corrected chi connectivity index (χ3v) is 28.7. The van der Waals surface area contributed by atoms with Crippen LogP contribution in [0.1, 0.15) is 441 Å². The van der Waals surface area contributed by atoms with Crippen LogP contribution in [0.3, 0.4) is 0 Å². The van der Waals surface area contributed by atoms with Gasteiger partial charge in [0.1, 0.15) is 0 Å². The summed E-state index contributed by atoms with van der Waals surface area (Å²) in [4.78, 5) is 112. The number of carbonyl (C=O) groups excluding carboxylic acids is 8. The Balaban J connectivity index is 0.812. The lowest BCUT2D eigenvalue weighted by atomic mass is 9.61. The van der Waals surface area contributed by atoms with Gasteiger partial charge in [-0.25, -0.2) is 0 Å². The second kappa shape index (κ2) is 50.3. The van der Waals surface area contributed by atoms with Gasteiger partial charge in [0, 0.05) is 48.5 Å². The summed E-state index contributed by atoms with van der Waals surface area (Å²) in [6, 6.07) is 0. The Kier molecular flexibility index (Phi) is 42.5. The fourth-order valence-corrected chi connectivity index (χ4v) is 22.3. The van der Waals surface area contributed by atoms with Crippen LogP contribution >= 0.6 is 0 Å². The fraction of sp³-hybridized carbons (Fsp3) is 0.875. The zero-order chi connectivity index (χ0) is 77.5. The molecule has 0 aromatic heterocycles. The minimum atomic E-state index is -0.614. The molecule has 12 heteroatoms. The molecule has 12 nitrogen and oxygen atoms in total. The minimum Gasteiger partial charge on any atom is -0.282 e. The van der Waals surface area contributed by atoms with Crippen LogP contribution in [0.5, 0.6) is 0 Å². The van der Waals surface area contributed by atoms with Crippen LogP contribution in [0.25, 0.3) is 0 Å². The SMILES string of the molecule is CCCCCCCCC1CCC(CCCCCCCCC(C)(C)N2C(=O)C=CC2=O)C(CCCCCCCCN2C(=O)C3CC4C(=O)N(C(C)(C)CCCCCCCCC5C(CCCCCCCCN6C(=O)C=CC6=O)CCC(CCCCCCCC)C5CCCCCC)C(=O)C4CC3C2=O)C1CCCCCC. The Bertz CT molecular complexity index is 2640. The van der Waals surface area contributed by atoms with Gasteiger partial charge in [-0.15, -0.1) is 0 Å². The van der Waals surface area contributed by atoms with Gasteiger partial charge in [0.05, 0.1) is 23.7 Å². The van der Waals surface area contributed by atoms with Crippen molar-refractivity contribution in [2.75, 3.05) is 13.1 Å². The number of hydrogen-bond donors (Lipinski definition) is 0. The maximum atomic E-state index is 14.4. The summed E-state index contributed by atoms with van der Waals surface area (Å²) in [5, 5.41) is 0. The van der Waals surface area contributed by atoms with Crippen LogP contribution in [0.4, 0.5) is 0 Å². The third kappa shape index (κ3) is 28.8. The van der Waals surface area contributed by atoms with Crippen molar-refractivity contribution in [3.8, 4) is 0 Å². The van der Waals surface area contributed by atoms with Gasteiger partial charge in [0.15, 0.2) is 0 Å². The molecule has 108 heavy (non-hydrogen) atoms. The largest absolute Gasteiger partial charge is 0.282 e. The first kappa shape index (κ1) is 91.2. The zero-order valence-electron chi connectivity index (χ0n) is 71.1. The van der Waals surface area contributed by atoms with E-state index in [1.54, 1.807) is 4.90 Å². The summed E-state index contributed by atoms with van der Waals surface area (Å²) in [5.74, 6) is 3.67. The summed E-state index contributed by atoms with van der Waals surface area (Å²) < 4.78 is 0. The number of fused-ring (bicyclic) bond motifs is 2. The van der Waals surface area contributed by atoms with Crippen molar-refractivity contribution < 1.29 is 38.4 Å². The van der Waals surface area contributed by atoms with Crippen molar-refractivity contribution >= 4 is 47.3 Å². The van der Waals surface area contributed by atoms with Gasteiger partial charge in [-0.3, -0.25) is 58.0 Å². The van der Waals surface area contributed by atoms with Crippen molar-refractivity contribution in [3.63, 3.8) is 0 Å². The molecule has 4 aliphatic heterocycles. The fourth-order valence-electron chi connectivity index (χ4n) is 22.3. The first-order chi connectivity index (χ1) is 52.4. The molecule has 8 amide bonds. The molecule has 3 saturated carbocycles. The molecular weight excluding hydrogens is 1340 g/mol. The highest BCUT2D eigenvalue weighted by molar-refractivity contribution is 6.14. The molecular formula is C96H164N4O8. The molecule has 0 N–H and O–H groups in total. The van der Waals surface area contributed by atoms with Crippen molar-refractivity contribution in [3.05, 3.63) is 24.3 Å². The predicted octanol–water partition coefficient (Wildman–Crippen LogP) is 25.1. The van der Waals surface area contributed by atoms with Crippen molar-refractivity contribution in [2.24, 2.45) is 71.0 Å². The maximum Gasteiger partial charge on any atom is 0.254 e. The number of rotatable bonds is 62. The van der Waals surface area contributed by atoms with Gasteiger partial charge in [-0.1, -0.05) is 323 Å². The zero-order valence-corrected chi connectivity index (χ0v) is 71.1. The van der Waals surface area contributed by atoms with Crippen LogP contribution in [-0.4, -0.2) is 91.0 Å². The van der Waals surface area contributed by atoms with E-state index in [2.05, 4.69) is 41.5 Å². The summed E-state index contributed by atoms with van der Waals surface area (Å²) in [7, 11) is 0. The minimum absolute atomic E-state index is 0.108. The van der Waals surface area contributed by atoms with Gasteiger partial charge < -0.3 is 0 Å². The van der Waals surface area contributed by atoms with Gasteiger partial charge >= 0.3 is 0 Å². The van der Waals surface area contributed by atoms with Crippen LogP contribution < -0.4 is 0 Å². The molecule has 4 heterocycles. The molecule has 0 aromatic carbocycles. The molecule has 12 atom stereocenters. The van der Waals surface area contributed by atoms with Gasteiger partial charge in [-0.05, 0) is 165 Å². The summed E-state index contributed by atoms with van der Waals surface area (Å²) in [5.41, 5.74) is -1.06. The molecule has 0 radical (unpaired) electrons. The average Bonchev–Trinajstić information content (AvgIpc) is 1.60. The van der Waals surface area contributed by atoms with Crippen LogP contribution in [0.15, 0.2) is 24.3 Å². The Morgan fingerprint density at radius 1 is 0.259 bits per heavy atom. The highest BCUT2D eigenvalue weighted by Gasteiger charge is 2.61. The van der Waals surface area contributed by atoms with Crippen molar-refractivity contribution in [1.29, 1.82) is 0 Å². The highest BCUT2D eigenvalue weighted by Crippen LogP contribution is 2.52. The second-order valence-corrected chi connectivity index (χ2v) is 37.7. The predicted molar refractivity (Wildman–Crippen MR) is 445 cm³/mol. The van der Waals surface area contributed by atoms with E-state index >= 15 is 0 Å². The molecule has 0 spiro atoms. The number of carbonyl (C=O) groups is 8. The van der Waals surface area contributed by atoms with E-state index in [1.807, 2.05) is 13.8 Å². The first-order valence-corrected chi connectivity index (χ1v) is 47.2. The monoisotopic (exact) mass is 1500 g/mol. The quantitative estimate of drug-likeness (QED) is 0.0431. The molecule has 0 aromatic rings. The Morgan fingerprint density at radius 3 is 0.806 bits per heavy atom. The van der Waals surface area contributed by atoms with E-state index in [1.165, 1.54) is 341 Å². The smallest absolute Gasteiger partial charge is 0.254 e. The molecule has 7 rings (SSSR count). The normalized spacial score (nSPS) is 25.4. The Labute approximate surface area is 661 Å². The summed E-state index contributed by atoms with van der Waals surface area (Å²) in [6.45, 7) is 18.5. The highest BCUT2D eigenvalue weighted by atomic mass is 16.2. The van der Waals surface area contributed by atoms with Gasteiger partial charge in [-0.2, -0.15) is 0 Å². The number of likely N-dealkylation sites (tertiary alicyclic amines) is 2. The van der Waals surface area contributed by atoms with E-state index in [9.17, 15) is 38.4 Å². The van der Waals surface area contributed by atoms with Crippen LogP contribution in [0.2, 0.25) is 0 Å². The lowest BCUT2D eigenvalue weighted by molar-refractivity contribution is -0.147. The van der Waals surface area contributed by atoms with E-state index in [4.69, 9.17) is 0 Å². The van der Waals surface area contributed by atoms with Crippen molar-refractivity contribution in [2.45, 2.75) is 452 Å². The Morgan fingerprint density at radius 2 is 0.491 bits per heavy atom. The first-order valence-electron chi connectivity index (χ1n) is 47.2. The van der Waals surface area contributed by atoms with E-state index < -0.39 is 34.7 Å². The molecule has 616 valence electrons. The number of nitrogens with zero attached hydrogens (tertiary/aromatic N) is 4. The third-order valence-electron chi connectivity index (χ3n) is 28.7. The lowest BCUT2D eigenvalue weighted by Crippen LogP contribution is -2.48. The molecule has 7 aliphatic rings. The maximum absolute atomic E-state index is 14.4. The van der Waals surface area contributed by atoms with E-state index in [0.717, 1.165) is 118 Å². The molecule has 2 saturated heterocycles. The topological polar surface area (TPSA) is 150 Å². The summed E-state index contributed by atoms with van der Waals surface area (Å²) in [6.07, 6.45) is 79.9. The number of amides is 8. The molecule has 5 fully saturated rings. The van der Waals surface area contributed by atoms with E-state index in [-0.39, 0.29) is 47.3 Å². The second-order valence-electron chi connectivity index (χ2n) is 37.7. The van der Waals surface area contributed by atoms with Gasteiger partial charge in [0.2, 0.25) is 23.6 Å². The molecule has 3 aliphatic carbocycles. The number of unbranched alkanes of at least 4 members (excludes halogenated alkanes) is 36.